The average Bonchev–Trinajstić information content (AvgIpc) is 3.12. The summed E-state index contributed by atoms with van der Waals surface area (Å²) in [6.45, 7) is 5.00. The zero-order chi connectivity index (χ0) is 14.8. The second-order valence-corrected chi connectivity index (χ2v) is 7.29. The number of aryl methyl sites for hydroxylation is 2. The molecule has 1 fully saturated rings. The van der Waals surface area contributed by atoms with Gasteiger partial charge in [0.05, 0.1) is 21.3 Å². The molecule has 0 radical (unpaired) electrons. The molecule has 0 spiro atoms. The lowest BCUT2D eigenvalue weighted by atomic mass is 10.1. The van der Waals surface area contributed by atoms with E-state index in [1.807, 2.05) is 19.2 Å². The van der Waals surface area contributed by atoms with Crippen LogP contribution in [-0.4, -0.2) is 28.5 Å². The predicted molar refractivity (Wildman–Crippen MR) is 87.0 cm³/mol. The number of amides is 1. The minimum atomic E-state index is 0.0347. The van der Waals surface area contributed by atoms with Gasteiger partial charge < -0.3 is 10.6 Å². The Hall–Kier alpha value is -1.31. The van der Waals surface area contributed by atoms with Gasteiger partial charge in [-0.25, -0.2) is 9.97 Å². The van der Waals surface area contributed by atoms with E-state index >= 15 is 0 Å². The van der Waals surface area contributed by atoms with Crippen molar-refractivity contribution >= 4 is 33.7 Å². The Kier molecular flexibility index (Phi) is 4.32. The molecule has 0 bridgehead atoms. The Morgan fingerprint density at radius 3 is 3.00 bits per heavy atom. The highest BCUT2D eigenvalue weighted by Crippen LogP contribution is 2.32. The zero-order valence-corrected chi connectivity index (χ0v) is 13.7. The zero-order valence-electron chi connectivity index (χ0n) is 12.1. The highest BCUT2D eigenvalue weighted by Gasteiger charge is 2.18. The van der Waals surface area contributed by atoms with Crippen molar-refractivity contribution < 1.29 is 4.79 Å². The fourth-order valence-electron chi connectivity index (χ4n) is 2.53. The molecular formula is C14H18N4OS2. The average molecular weight is 322 g/mol. The maximum Gasteiger partial charge on any atom is 0.227 e. The van der Waals surface area contributed by atoms with Crippen molar-refractivity contribution in [1.29, 1.82) is 0 Å². The van der Waals surface area contributed by atoms with Gasteiger partial charge >= 0.3 is 0 Å². The summed E-state index contributed by atoms with van der Waals surface area (Å²) < 4.78 is 0. The summed E-state index contributed by atoms with van der Waals surface area (Å²) in [5.74, 6) is 0.0347. The molecule has 0 aliphatic carbocycles. The van der Waals surface area contributed by atoms with Crippen LogP contribution in [-0.2, 0) is 4.79 Å². The third-order valence-electron chi connectivity index (χ3n) is 3.48. The van der Waals surface area contributed by atoms with Gasteiger partial charge in [-0.1, -0.05) is 0 Å². The van der Waals surface area contributed by atoms with Crippen molar-refractivity contribution in [1.82, 2.24) is 15.3 Å². The van der Waals surface area contributed by atoms with Gasteiger partial charge in [0.2, 0.25) is 5.91 Å². The molecular weight excluding hydrogens is 304 g/mol. The van der Waals surface area contributed by atoms with Gasteiger partial charge in [-0.15, -0.1) is 22.7 Å². The van der Waals surface area contributed by atoms with Crippen LogP contribution in [0.25, 0.3) is 10.6 Å². The van der Waals surface area contributed by atoms with Crippen molar-refractivity contribution in [3.63, 3.8) is 0 Å². The van der Waals surface area contributed by atoms with Crippen LogP contribution >= 0.6 is 22.7 Å². The van der Waals surface area contributed by atoms with Crippen LogP contribution in [0.4, 0.5) is 5.13 Å². The van der Waals surface area contributed by atoms with E-state index in [0.717, 1.165) is 40.7 Å². The monoisotopic (exact) mass is 322 g/mol. The third kappa shape index (κ3) is 3.48. The van der Waals surface area contributed by atoms with Gasteiger partial charge in [0, 0.05) is 17.8 Å². The molecule has 1 saturated heterocycles. The number of anilines is 1. The van der Waals surface area contributed by atoms with Crippen molar-refractivity contribution in [3.8, 4) is 10.6 Å². The summed E-state index contributed by atoms with van der Waals surface area (Å²) in [6.07, 6.45) is 2.76. The van der Waals surface area contributed by atoms with Crippen LogP contribution in [0.3, 0.4) is 0 Å². The van der Waals surface area contributed by atoms with Crippen molar-refractivity contribution in [2.75, 3.05) is 11.9 Å². The Labute approximate surface area is 131 Å². The second-order valence-electron chi connectivity index (χ2n) is 5.23. The molecule has 2 aromatic heterocycles. The fourth-order valence-corrected chi connectivity index (χ4v) is 4.20. The van der Waals surface area contributed by atoms with Crippen LogP contribution in [0.15, 0.2) is 5.38 Å². The highest BCUT2D eigenvalue weighted by molar-refractivity contribution is 7.16. The fraction of sp³-hybridized carbons (Fsp3) is 0.500. The maximum absolute atomic E-state index is 12.0. The molecule has 2 aromatic rings. The van der Waals surface area contributed by atoms with Gasteiger partial charge in [0.25, 0.3) is 0 Å². The third-order valence-corrected chi connectivity index (χ3v) is 5.33. The normalized spacial score (nSPS) is 18.1. The first-order valence-electron chi connectivity index (χ1n) is 7.05. The number of carbonyl (C=O) groups is 1. The summed E-state index contributed by atoms with van der Waals surface area (Å²) in [5, 5.41) is 9.90. The Balaban J connectivity index is 1.64. The number of aromatic nitrogens is 2. The van der Waals surface area contributed by atoms with Crippen molar-refractivity contribution in [3.05, 3.63) is 16.1 Å². The first-order valence-corrected chi connectivity index (χ1v) is 8.74. The minimum absolute atomic E-state index is 0.0347. The van der Waals surface area contributed by atoms with Crippen LogP contribution in [0, 0.1) is 13.8 Å². The van der Waals surface area contributed by atoms with Crippen molar-refractivity contribution in [2.45, 2.75) is 39.2 Å². The number of hydrogen-bond donors (Lipinski definition) is 2. The van der Waals surface area contributed by atoms with Crippen LogP contribution in [0.5, 0.6) is 0 Å². The molecule has 1 amide bonds. The molecule has 1 atom stereocenters. The lowest BCUT2D eigenvalue weighted by Crippen LogP contribution is -2.27. The number of nitrogens with one attached hydrogen (secondary N) is 2. The highest BCUT2D eigenvalue weighted by atomic mass is 32.1. The largest absolute Gasteiger partial charge is 0.313 e. The lowest BCUT2D eigenvalue weighted by molar-refractivity contribution is -0.116. The number of hydrogen-bond acceptors (Lipinski definition) is 6. The summed E-state index contributed by atoms with van der Waals surface area (Å²) in [4.78, 5) is 22.0. The summed E-state index contributed by atoms with van der Waals surface area (Å²) >= 11 is 3.10. The summed E-state index contributed by atoms with van der Waals surface area (Å²) in [5.41, 5.74) is 1.90. The van der Waals surface area contributed by atoms with E-state index in [2.05, 4.69) is 20.6 Å². The van der Waals surface area contributed by atoms with Gasteiger partial charge in [-0.2, -0.15) is 0 Å². The topological polar surface area (TPSA) is 66.9 Å². The molecule has 5 nitrogen and oxygen atoms in total. The smallest absolute Gasteiger partial charge is 0.227 e. The van der Waals surface area contributed by atoms with E-state index in [4.69, 9.17) is 0 Å². The van der Waals surface area contributed by atoms with E-state index in [1.165, 1.54) is 11.3 Å². The molecule has 7 heteroatoms. The van der Waals surface area contributed by atoms with Gasteiger partial charge in [-0.05, 0) is 33.2 Å². The molecule has 1 unspecified atom stereocenters. The first-order chi connectivity index (χ1) is 10.1. The van der Waals surface area contributed by atoms with Gasteiger partial charge in [0.1, 0.15) is 0 Å². The van der Waals surface area contributed by atoms with E-state index in [-0.39, 0.29) is 5.91 Å². The molecule has 3 heterocycles. The van der Waals surface area contributed by atoms with Gasteiger partial charge in [0.15, 0.2) is 5.13 Å². The van der Waals surface area contributed by atoms with Crippen LogP contribution < -0.4 is 10.6 Å². The Morgan fingerprint density at radius 1 is 1.48 bits per heavy atom. The van der Waals surface area contributed by atoms with Crippen molar-refractivity contribution in [2.24, 2.45) is 0 Å². The quantitative estimate of drug-likeness (QED) is 0.908. The Bertz CT molecular complexity index is 643. The SMILES string of the molecule is Cc1nc(C)c(-c2csc(NC(=O)CC3CCCN3)n2)s1. The lowest BCUT2D eigenvalue weighted by Gasteiger charge is -2.08. The molecule has 3 rings (SSSR count). The summed E-state index contributed by atoms with van der Waals surface area (Å²) in [6, 6.07) is 0.316. The molecule has 21 heavy (non-hydrogen) atoms. The van der Waals surface area contributed by atoms with Crippen LogP contribution in [0.1, 0.15) is 30.0 Å². The molecule has 1 aliphatic rings. The molecule has 0 aromatic carbocycles. The maximum atomic E-state index is 12.0. The Morgan fingerprint density at radius 2 is 2.33 bits per heavy atom. The van der Waals surface area contributed by atoms with E-state index in [9.17, 15) is 4.79 Å². The molecule has 0 saturated carbocycles. The van der Waals surface area contributed by atoms with E-state index < -0.39 is 0 Å². The predicted octanol–water partition coefficient (Wildman–Crippen LogP) is 2.96. The number of rotatable bonds is 4. The second kappa shape index (κ2) is 6.21. The minimum Gasteiger partial charge on any atom is -0.313 e. The van der Waals surface area contributed by atoms with E-state index in [0.29, 0.717) is 17.6 Å². The van der Waals surface area contributed by atoms with Gasteiger partial charge in [-0.3, -0.25) is 4.79 Å². The number of thiazole rings is 2. The van der Waals surface area contributed by atoms with E-state index in [1.54, 1.807) is 11.3 Å². The number of nitrogens with zero attached hydrogens (tertiary/aromatic N) is 2. The molecule has 112 valence electrons. The standard InChI is InChI=1S/C14H18N4OS2/c1-8-13(21-9(2)16-8)11-7-20-14(17-11)18-12(19)6-10-4-3-5-15-10/h7,10,15H,3-6H2,1-2H3,(H,17,18,19). The summed E-state index contributed by atoms with van der Waals surface area (Å²) in [7, 11) is 0. The molecule has 2 N–H and O–H groups in total. The number of carbonyl (C=O) groups excluding carboxylic acids is 1. The van der Waals surface area contributed by atoms with Crippen LogP contribution in [0.2, 0.25) is 0 Å². The first kappa shape index (κ1) is 14.6. The molecule has 1 aliphatic heterocycles.